The van der Waals surface area contributed by atoms with E-state index in [4.69, 9.17) is 19.2 Å². The lowest BCUT2D eigenvalue weighted by Gasteiger charge is -2.17. The van der Waals surface area contributed by atoms with Gasteiger partial charge in [-0.2, -0.15) is 4.98 Å². The first-order chi connectivity index (χ1) is 17.6. The van der Waals surface area contributed by atoms with E-state index in [2.05, 4.69) is 20.6 Å². The Morgan fingerprint density at radius 1 is 0.944 bits per heavy atom. The Balaban J connectivity index is 1.47. The topological polar surface area (TPSA) is 114 Å². The lowest BCUT2D eigenvalue weighted by Crippen LogP contribution is -2.32. The molecule has 1 aliphatic heterocycles. The molecule has 0 saturated carbocycles. The number of benzene rings is 2. The van der Waals surface area contributed by atoms with Crippen LogP contribution in [-0.2, 0) is 0 Å². The van der Waals surface area contributed by atoms with Gasteiger partial charge >= 0.3 is 6.03 Å². The average Bonchev–Trinajstić information content (AvgIpc) is 3.60. The van der Waals surface area contributed by atoms with Crippen LogP contribution in [0.25, 0.3) is 22.3 Å². The van der Waals surface area contributed by atoms with Gasteiger partial charge in [0.2, 0.25) is 11.7 Å². The lowest BCUT2D eigenvalue weighted by molar-refractivity contribution is 0.222. The van der Waals surface area contributed by atoms with Gasteiger partial charge in [0, 0.05) is 41.6 Å². The summed E-state index contributed by atoms with van der Waals surface area (Å²) < 4.78 is 16.5. The summed E-state index contributed by atoms with van der Waals surface area (Å²) in [6, 6.07) is 13.0. The molecule has 36 heavy (non-hydrogen) atoms. The summed E-state index contributed by atoms with van der Waals surface area (Å²) in [7, 11) is 4.73. The first-order valence-corrected chi connectivity index (χ1v) is 11.7. The number of aromatic nitrogens is 3. The Morgan fingerprint density at radius 2 is 1.67 bits per heavy atom. The number of carbonyl (C=O) groups excluding carboxylic acids is 1. The first kappa shape index (κ1) is 23.3. The van der Waals surface area contributed by atoms with Crippen molar-refractivity contribution in [1.29, 1.82) is 0 Å². The number of anilines is 3. The Bertz CT molecular complexity index is 1370. The maximum atomic E-state index is 12.5. The minimum Gasteiger partial charge on any atom is -0.493 e. The third-order valence-corrected chi connectivity index (χ3v) is 6.12. The Kier molecular flexibility index (Phi) is 6.48. The van der Waals surface area contributed by atoms with Crippen molar-refractivity contribution < 1.29 is 19.0 Å². The van der Waals surface area contributed by atoms with Gasteiger partial charge in [-0.15, -0.1) is 0 Å². The number of rotatable bonds is 7. The van der Waals surface area contributed by atoms with Gasteiger partial charge in [-0.05, 0) is 49.2 Å². The van der Waals surface area contributed by atoms with E-state index < -0.39 is 0 Å². The minimum absolute atomic E-state index is 0.0848. The summed E-state index contributed by atoms with van der Waals surface area (Å²) in [6.45, 7) is 1.58. The third-order valence-electron chi connectivity index (χ3n) is 6.12. The molecule has 0 radical (unpaired) electrons. The molecule has 5 rings (SSSR count). The second-order valence-electron chi connectivity index (χ2n) is 8.38. The molecule has 10 nitrogen and oxygen atoms in total. The summed E-state index contributed by atoms with van der Waals surface area (Å²) in [4.78, 5) is 26.9. The molecule has 2 aromatic heterocycles. The Morgan fingerprint density at radius 3 is 2.36 bits per heavy atom. The number of nitrogens with zero attached hydrogens (tertiary/aromatic N) is 3. The monoisotopic (exact) mass is 488 g/mol. The molecule has 1 aliphatic rings. The number of hydrogen-bond donors (Lipinski definition) is 3. The van der Waals surface area contributed by atoms with Gasteiger partial charge in [-0.25, -0.2) is 9.78 Å². The predicted molar refractivity (Wildman–Crippen MR) is 139 cm³/mol. The third kappa shape index (κ3) is 4.57. The maximum Gasteiger partial charge on any atom is 0.321 e. The summed E-state index contributed by atoms with van der Waals surface area (Å²) in [5, 5.41) is 7.08. The fraction of sp³-hybridized carbons (Fsp3) is 0.269. The molecule has 2 amide bonds. The quantitative estimate of drug-likeness (QED) is 0.335. The zero-order valence-corrected chi connectivity index (χ0v) is 20.4. The molecule has 3 heterocycles. The van der Waals surface area contributed by atoms with Crippen LogP contribution in [0.15, 0.2) is 48.7 Å². The zero-order valence-electron chi connectivity index (χ0n) is 20.4. The highest BCUT2D eigenvalue weighted by atomic mass is 16.5. The van der Waals surface area contributed by atoms with Gasteiger partial charge in [-0.1, -0.05) is 6.07 Å². The van der Waals surface area contributed by atoms with Crippen LogP contribution in [0.4, 0.5) is 22.1 Å². The number of likely N-dealkylation sites (tertiary alicyclic amines) is 1. The van der Waals surface area contributed by atoms with Crippen LogP contribution >= 0.6 is 0 Å². The molecular formula is C26H28N6O4. The van der Waals surface area contributed by atoms with Crippen LogP contribution in [0.2, 0.25) is 0 Å². The second kappa shape index (κ2) is 10.0. The van der Waals surface area contributed by atoms with Gasteiger partial charge in [0.15, 0.2) is 11.5 Å². The Hall–Kier alpha value is -4.47. The lowest BCUT2D eigenvalue weighted by atomic mass is 10.1. The highest BCUT2D eigenvalue weighted by Gasteiger charge is 2.19. The predicted octanol–water partition coefficient (Wildman–Crippen LogP) is 5.02. The van der Waals surface area contributed by atoms with Crippen molar-refractivity contribution in [2.45, 2.75) is 12.8 Å². The molecule has 2 aromatic carbocycles. The SMILES string of the molecule is COc1cc(-c2nc(Nc3cccc(NC(=O)N4CCCC4)c3)nc3[nH]ccc23)cc(OC)c1OC. The van der Waals surface area contributed by atoms with Gasteiger partial charge in [-0.3, -0.25) is 0 Å². The van der Waals surface area contributed by atoms with E-state index in [9.17, 15) is 4.79 Å². The van der Waals surface area contributed by atoms with Crippen LogP contribution in [0.3, 0.4) is 0 Å². The van der Waals surface area contributed by atoms with Crippen molar-refractivity contribution in [3.05, 3.63) is 48.7 Å². The highest BCUT2D eigenvalue weighted by Crippen LogP contribution is 2.42. The molecule has 4 aromatic rings. The van der Waals surface area contributed by atoms with Crippen LogP contribution < -0.4 is 24.8 Å². The standard InChI is InChI=1S/C26H28N6O4/c1-34-20-13-16(14-21(35-2)23(20)36-3)22-19-9-10-27-24(19)31-25(30-22)28-17-7-6-8-18(15-17)29-26(33)32-11-4-5-12-32/h6-10,13-15H,4-5,11-12H2,1-3H3,(H,29,33)(H2,27,28,30,31). The van der Waals surface area contributed by atoms with E-state index in [0.717, 1.165) is 42.6 Å². The van der Waals surface area contributed by atoms with Crippen molar-refractivity contribution in [3.8, 4) is 28.5 Å². The first-order valence-electron chi connectivity index (χ1n) is 11.7. The number of nitrogens with one attached hydrogen (secondary N) is 3. The number of amides is 2. The van der Waals surface area contributed by atoms with Crippen LogP contribution in [0, 0.1) is 0 Å². The average molecular weight is 489 g/mol. The van der Waals surface area contributed by atoms with E-state index in [-0.39, 0.29) is 6.03 Å². The molecule has 0 atom stereocenters. The molecule has 10 heteroatoms. The van der Waals surface area contributed by atoms with E-state index in [1.165, 1.54) is 0 Å². The maximum absolute atomic E-state index is 12.5. The minimum atomic E-state index is -0.0848. The zero-order chi connectivity index (χ0) is 25.1. The van der Waals surface area contributed by atoms with E-state index >= 15 is 0 Å². The molecule has 3 N–H and O–H groups in total. The number of hydrogen-bond acceptors (Lipinski definition) is 7. The second-order valence-corrected chi connectivity index (χ2v) is 8.38. The smallest absolute Gasteiger partial charge is 0.321 e. The molecule has 0 spiro atoms. The fourth-order valence-corrected chi connectivity index (χ4v) is 4.36. The van der Waals surface area contributed by atoms with Gasteiger partial charge in [0.25, 0.3) is 0 Å². The van der Waals surface area contributed by atoms with Crippen molar-refractivity contribution in [2.24, 2.45) is 0 Å². The Labute approximate surface area is 208 Å². The van der Waals surface area contributed by atoms with E-state index in [1.807, 2.05) is 53.6 Å². The number of ether oxygens (including phenoxy) is 3. The summed E-state index contributed by atoms with van der Waals surface area (Å²) in [6.07, 6.45) is 3.91. The van der Waals surface area contributed by atoms with Crippen LogP contribution in [0.5, 0.6) is 17.2 Å². The van der Waals surface area contributed by atoms with E-state index in [1.54, 1.807) is 21.3 Å². The molecule has 0 aliphatic carbocycles. The number of H-pyrrole nitrogens is 1. The molecule has 1 saturated heterocycles. The molecular weight excluding hydrogens is 460 g/mol. The number of methoxy groups -OCH3 is 3. The molecule has 1 fully saturated rings. The molecule has 0 bridgehead atoms. The van der Waals surface area contributed by atoms with Crippen molar-refractivity contribution in [3.63, 3.8) is 0 Å². The van der Waals surface area contributed by atoms with Gasteiger partial charge < -0.3 is 34.7 Å². The van der Waals surface area contributed by atoms with Gasteiger partial charge in [0.05, 0.1) is 27.0 Å². The van der Waals surface area contributed by atoms with E-state index in [0.29, 0.717) is 40.2 Å². The van der Waals surface area contributed by atoms with Crippen LogP contribution in [-0.4, -0.2) is 60.3 Å². The molecule has 0 unspecified atom stereocenters. The number of urea groups is 1. The summed E-state index contributed by atoms with van der Waals surface area (Å²) >= 11 is 0. The number of carbonyl (C=O) groups is 1. The van der Waals surface area contributed by atoms with Gasteiger partial charge in [0.1, 0.15) is 5.65 Å². The van der Waals surface area contributed by atoms with Crippen molar-refractivity contribution >= 4 is 34.4 Å². The highest BCUT2D eigenvalue weighted by molar-refractivity contribution is 5.93. The largest absolute Gasteiger partial charge is 0.493 e. The fourth-order valence-electron chi connectivity index (χ4n) is 4.36. The van der Waals surface area contributed by atoms with Crippen molar-refractivity contribution in [1.82, 2.24) is 19.9 Å². The van der Waals surface area contributed by atoms with Crippen LogP contribution in [0.1, 0.15) is 12.8 Å². The molecule has 186 valence electrons. The summed E-state index contributed by atoms with van der Waals surface area (Å²) in [5.41, 5.74) is 3.60. The normalized spacial score (nSPS) is 13.0. The number of fused-ring (bicyclic) bond motifs is 1. The number of aromatic amines is 1. The van der Waals surface area contributed by atoms with Crippen molar-refractivity contribution in [2.75, 3.05) is 45.1 Å². The summed E-state index contributed by atoms with van der Waals surface area (Å²) in [5.74, 6) is 1.97.